The number of amides is 1. The molecule has 0 aliphatic heterocycles. The first-order valence-corrected chi connectivity index (χ1v) is 10.1. The third-order valence-electron chi connectivity index (χ3n) is 4.87. The van der Waals surface area contributed by atoms with E-state index in [0.29, 0.717) is 11.3 Å². The maximum absolute atomic E-state index is 12.6. The molecule has 1 N–H and O–H groups in total. The number of ketones is 1. The first kappa shape index (κ1) is 20.1. The zero-order chi connectivity index (χ0) is 20.4. The van der Waals surface area contributed by atoms with Gasteiger partial charge < -0.3 is 5.32 Å². The number of Topliss-reactive ketones (excluding diaryl/α,β-unsaturated/α-hetero) is 1. The zero-order valence-corrected chi connectivity index (χ0v) is 17.6. The van der Waals surface area contributed by atoms with Crippen molar-refractivity contribution in [1.29, 1.82) is 0 Å². The molecule has 0 bridgehead atoms. The number of benzene rings is 2. The quantitative estimate of drug-likeness (QED) is 0.461. The van der Waals surface area contributed by atoms with Crippen LogP contribution in [0, 0.1) is 20.8 Å². The second kappa shape index (κ2) is 8.15. The summed E-state index contributed by atoms with van der Waals surface area (Å²) in [4.78, 5) is 28.8. The van der Waals surface area contributed by atoms with Gasteiger partial charge in [-0.05, 0) is 81.6 Å². The highest BCUT2D eigenvalue weighted by Gasteiger charge is 2.18. The summed E-state index contributed by atoms with van der Waals surface area (Å²) in [5.74, 6) is -0.0898. The molecule has 4 nitrogen and oxygen atoms in total. The van der Waals surface area contributed by atoms with Gasteiger partial charge in [-0.1, -0.05) is 23.9 Å². The molecule has 0 saturated heterocycles. The van der Waals surface area contributed by atoms with Crippen LogP contribution in [0.15, 0.2) is 47.5 Å². The Morgan fingerprint density at radius 1 is 1.00 bits per heavy atom. The van der Waals surface area contributed by atoms with E-state index >= 15 is 0 Å². The molecule has 0 fully saturated rings. The minimum Gasteiger partial charge on any atom is -0.325 e. The van der Waals surface area contributed by atoms with Crippen molar-refractivity contribution >= 4 is 40.0 Å². The van der Waals surface area contributed by atoms with Crippen LogP contribution in [0.4, 0.5) is 5.69 Å². The number of thioether (sulfide) groups is 1. The average Bonchev–Trinajstić information content (AvgIpc) is 2.66. The number of carbonyl (C=O) groups excluding carboxylic acids is 2. The Morgan fingerprint density at radius 2 is 1.68 bits per heavy atom. The predicted molar refractivity (Wildman–Crippen MR) is 116 cm³/mol. The number of anilines is 1. The van der Waals surface area contributed by atoms with E-state index in [2.05, 4.69) is 37.4 Å². The Hall–Kier alpha value is -2.66. The SMILES string of the molecule is CC(=O)c1ccc(NC(=O)[C@@H](C)Sc2nc3c(C)c(C)ccc3cc2C)cc1. The summed E-state index contributed by atoms with van der Waals surface area (Å²) >= 11 is 1.46. The Balaban J connectivity index is 1.77. The molecule has 3 aromatic rings. The van der Waals surface area contributed by atoms with Gasteiger partial charge in [-0.25, -0.2) is 4.98 Å². The second-order valence-electron chi connectivity index (χ2n) is 7.07. The number of nitrogens with zero attached hydrogens (tertiary/aromatic N) is 1. The number of hydrogen-bond donors (Lipinski definition) is 1. The average molecular weight is 393 g/mol. The summed E-state index contributed by atoms with van der Waals surface area (Å²) in [5.41, 5.74) is 5.73. The molecule has 5 heteroatoms. The molecule has 0 spiro atoms. The molecular weight excluding hydrogens is 368 g/mol. The molecule has 0 radical (unpaired) electrons. The highest BCUT2D eigenvalue weighted by atomic mass is 32.2. The van der Waals surface area contributed by atoms with Crippen LogP contribution in [-0.2, 0) is 4.79 Å². The lowest BCUT2D eigenvalue weighted by atomic mass is 10.0. The molecule has 0 unspecified atom stereocenters. The summed E-state index contributed by atoms with van der Waals surface area (Å²) < 4.78 is 0. The van der Waals surface area contributed by atoms with Crippen molar-refractivity contribution in [3.8, 4) is 0 Å². The number of aryl methyl sites for hydroxylation is 3. The molecule has 0 aliphatic rings. The number of carbonyl (C=O) groups is 2. The summed E-state index contributed by atoms with van der Waals surface area (Å²) in [7, 11) is 0. The van der Waals surface area contributed by atoms with Gasteiger partial charge in [0.15, 0.2) is 5.78 Å². The van der Waals surface area contributed by atoms with Gasteiger partial charge in [0, 0.05) is 16.6 Å². The van der Waals surface area contributed by atoms with E-state index in [1.54, 1.807) is 24.3 Å². The van der Waals surface area contributed by atoms with Crippen LogP contribution in [0.3, 0.4) is 0 Å². The molecule has 3 rings (SSSR count). The van der Waals surface area contributed by atoms with Crippen molar-refractivity contribution in [2.24, 2.45) is 0 Å². The van der Waals surface area contributed by atoms with Crippen LogP contribution in [0.5, 0.6) is 0 Å². The van der Waals surface area contributed by atoms with E-state index in [1.165, 1.54) is 29.8 Å². The van der Waals surface area contributed by atoms with Gasteiger partial charge in [0.05, 0.1) is 10.8 Å². The van der Waals surface area contributed by atoms with Crippen molar-refractivity contribution in [2.75, 3.05) is 5.32 Å². The minimum atomic E-state index is -0.304. The fraction of sp³-hybridized carbons (Fsp3) is 0.261. The van der Waals surface area contributed by atoms with Crippen molar-refractivity contribution < 1.29 is 9.59 Å². The first-order chi connectivity index (χ1) is 13.3. The third kappa shape index (κ3) is 4.25. The second-order valence-corrected chi connectivity index (χ2v) is 8.40. The molecule has 2 aromatic carbocycles. The Labute approximate surface area is 169 Å². The largest absolute Gasteiger partial charge is 0.325 e. The fourth-order valence-electron chi connectivity index (χ4n) is 2.94. The highest BCUT2D eigenvalue weighted by Crippen LogP contribution is 2.30. The number of rotatable bonds is 5. The van der Waals surface area contributed by atoms with E-state index < -0.39 is 0 Å². The van der Waals surface area contributed by atoms with Gasteiger partial charge in [-0.15, -0.1) is 0 Å². The van der Waals surface area contributed by atoms with Crippen molar-refractivity contribution in [3.63, 3.8) is 0 Å². The summed E-state index contributed by atoms with van der Waals surface area (Å²) in [6.07, 6.45) is 0. The van der Waals surface area contributed by atoms with Crippen LogP contribution >= 0.6 is 11.8 Å². The summed E-state index contributed by atoms with van der Waals surface area (Å²) in [6, 6.07) is 13.3. The first-order valence-electron chi connectivity index (χ1n) is 9.22. The zero-order valence-electron chi connectivity index (χ0n) is 16.8. The standard InChI is InChI=1S/C23H24N2O2S/c1-13-6-7-19-12-14(2)23(25-21(19)15(13)3)28-17(5)22(27)24-20-10-8-18(9-11-20)16(4)26/h6-12,17H,1-5H3,(H,24,27)/t17-/m1/s1. The molecule has 1 amide bonds. The lowest BCUT2D eigenvalue weighted by molar-refractivity contribution is -0.115. The Kier molecular flexibility index (Phi) is 5.84. The third-order valence-corrected chi connectivity index (χ3v) is 6.08. The van der Waals surface area contributed by atoms with Crippen LogP contribution in [-0.4, -0.2) is 21.9 Å². The van der Waals surface area contributed by atoms with E-state index in [1.807, 2.05) is 13.8 Å². The van der Waals surface area contributed by atoms with Crippen LogP contribution in [0.1, 0.15) is 40.9 Å². The van der Waals surface area contributed by atoms with Gasteiger partial charge >= 0.3 is 0 Å². The predicted octanol–water partition coefficient (Wildman–Crippen LogP) is 5.48. The molecular formula is C23H24N2O2S. The monoisotopic (exact) mass is 392 g/mol. The van der Waals surface area contributed by atoms with E-state index in [-0.39, 0.29) is 16.9 Å². The van der Waals surface area contributed by atoms with Gasteiger partial charge in [0.25, 0.3) is 0 Å². The molecule has 1 atom stereocenters. The number of hydrogen-bond acceptors (Lipinski definition) is 4. The summed E-state index contributed by atoms with van der Waals surface area (Å²) in [6.45, 7) is 9.58. The molecule has 0 aliphatic carbocycles. The minimum absolute atomic E-state index is 0.00480. The van der Waals surface area contributed by atoms with Crippen molar-refractivity contribution in [1.82, 2.24) is 4.98 Å². The van der Waals surface area contributed by atoms with Crippen LogP contribution < -0.4 is 5.32 Å². The van der Waals surface area contributed by atoms with Gasteiger partial charge in [-0.3, -0.25) is 9.59 Å². The normalized spacial score (nSPS) is 12.0. The number of nitrogens with one attached hydrogen (secondary N) is 1. The number of fused-ring (bicyclic) bond motifs is 1. The molecule has 1 heterocycles. The maximum Gasteiger partial charge on any atom is 0.237 e. The Morgan fingerprint density at radius 3 is 2.32 bits per heavy atom. The molecule has 0 saturated carbocycles. The number of pyridine rings is 1. The van der Waals surface area contributed by atoms with Gasteiger partial charge in [0.2, 0.25) is 5.91 Å². The summed E-state index contributed by atoms with van der Waals surface area (Å²) in [5, 5.41) is 4.59. The lowest BCUT2D eigenvalue weighted by Crippen LogP contribution is -2.22. The topological polar surface area (TPSA) is 59.1 Å². The number of aromatic nitrogens is 1. The highest BCUT2D eigenvalue weighted by molar-refractivity contribution is 8.00. The van der Waals surface area contributed by atoms with E-state index in [4.69, 9.17) is 4.98 Å². The van der Waals surface area contributed by atoms with Crippen LogP contribution in [0.25, 0.3) is 10.9 Å². The van der Waals surface area contributed by atoms with E-state index in [0.717, 1.165) is 21.5 Å². The van der Waals surface area contributed by atoms with E-state index in [9.17, 15) is 9.59 Å². The molecule has 1 aromatic heterocycles. The van der Waals surface area contributed by atoms with Crippen LogP contribution in [0.2, 0.25) is 0 Å². The van der Waals surface area contributed by atoms with Gasteiger partial charge in [-0.2, -0.15) is 0 Å². The Bertz CT molecular complexity index is 1060. The van der Waals surface area contributed by atoms with Crippen molar-refractivity contribution in [3.05, 3.63) is 64.7 Å². The molecule has 28 heavy (non-hydrogen) atoms. The fourth-order valence-corrected chi connectivity index (χ4v) is 3.83. The van der Waals surface area contributed by atoms with Gasteiger partial charge in [0.1, 0.15) is 5.03 Å². The lowest BCUT2D eigenvalue weighted by Gasteiger charge is -2.15. The van der Waals surface area contributed by atoms with Crippen molar-refractivity contribution in [2.45, 2.75) is 44.9 Å². The smallest absolute Gasteiger partial charge is 0.237 e. The molecule has 144 valence electrons. The maximum atomic E-state index is 12.6.